The normalized spacial score (nSPS) is 15.4. The van der Waals surface area contributed by atoms with Crippen LogP contribution in [-0.2, 0) is 12.0 Å². The van der Waals surface area contributed by atoms with Crippen molar-refractivity contribution in [2.75, 3.05) is 32.1 Å². The van der Waals surface area contributed by atoms with Crippen molar-refractivity contribution in [1.29, 1.82) is 0 Å². The highest BCUT2D eigenvalue weighted by molar-refractivity contribution is 5.91. The zero-order chi connectivity index (χ0) is 27.1. The Morgan fingerprint density at radius 2 is 1.53 bits per heavy atom. The lowest BCUT2D eigenvalue weighted by Crippen LogP contribution is -2.49. The van der Waals surface area contributed by atoms with E-state index in [-0.39, 0.29) is 11.4 Å². The summed E-state index contributed by atoms with van der Waals surface area (Å²) in [5, 5.41) is 6.49. The molecule has 1 aliphatic heterocycles. The van der Waals surface area contributed by atoms with Gasteiger partial charge in [-0.2, -0.15) is 0 Å². The van der Waals surface area contributed by atoms with E-state index in [1.165, 1.54) is 22.3 Å². The van der Waals surface area contributed by atoms with E-state index in [9.17, 15) is 4.79 Å². The van der Waals surface area contributed by atoms with E-state index in [2.05, 4.69) is 110 Å². The van der Waals surface area contributed by atoms with E-state index in [1.54, 1.807) is 7.11 Å². The molecule has 0 atom stereocenters. The van der Waals surface area contributed by atoms with Crippen LogP contribution in [0.15, 0.2) is 72.8 Å². The lowest BCUT2D eigenvalue weighted by Gasteiger charge is -2.42. The number of ether oxygens (including phenoxy) is 1. The zero-order valence-corrected chi connectivity index (χ0v) is 23.6. The Bertz CT molecular complexity index is 1170. The van der Waals surface area contributed by atoms with Gasteiger partial charge in [0.15, 0.2) is 0 Å². The summed E-state index contributed by atoms with van der Waals surface area (Å²) in [6, 6.07) is 25.2. The van der Waals surface area contributed by atoms with Gasteiger partial charge >= 0.3 is 6.03 Å². The van der Waals surface area contributed by atoms with Gasteiger partial charge in [-0.15, -0.1) is 0 Å². The lowest BCUT2D eigenvalue weighted by molar-refractivity contribution is 0.150. The van der Waals surface area contributed by atoms with E-state index in [1.807, 2.05) is 6.07 Å². The molecule has 5 heteroatoms. The summed E-state index contributed by atoms with van der Waals surface area (Å²) in [6.45, 7) is 12.2. The van der Waals surface area contributed by atoms with Gasteiger partial charge in [-0.1, -0.05) is 88.4 Å². The number of carbonyl (C=O) groups is 1. The number of likely N-dealkylation sites (tertiary alicyclic amines) is 1. The molecule has 1 fully saturated rings. The molecule has 2 N–H and O–H groups in total. The number of nitrogens with one attached hydrogen (secondary N) is 2. The summed E-state index contributed by atoms with van der Waals surface area (Å²) in [6.07, 6.45) is 1.93. The van der Waals surface area contributed by atoms with Crippen molar-refractivity contribution < 1.29 is 9.53 Å². The number of anilines is 1. The average molecular weight is 514 g/mol. The van der Waals surface area contributed by atoms with Crippen molar-refractivity contribution in [2.24, 2.45) is 0 Å². The number of piperidine rings is 1. The fraction of sp³-hybridized carbons (Fsp3) is 0.424. The Balaban J connectivity index is 1.51. The van der Waals surface area contributed by atoms with Crippen LogP contribution in [-0.4, -0.2) is 37.7 Å². The van der Waals surface area contributed by atoms with Gasteiger partial charge in [-0.3, -0.25) is 4.90 Å². The van der Waals surface area contributed by atoms with Crippen LogP contribution >= 0.6 is 0 Å². The molecule has 0 spiro atoms. The maximum atomic E-state index is 13.3. The minimum atomic E-state index is -0.155. The second kappa shape index (κ2) is 12.5. The summed E-state index contributed by atoms with van der Waals surface area (Å²) < 4.78 is 5.56. The van der Waals surface area contributed by atoms with Crippen LogP contribution in [0.1, 0.15) is 74.6 Å². The summed E-state index contributed by atoms with van der Waals surface area (Å²) >= 11 is 0. The van der Waals surface area contributed by atoms with E-state index >= 15 is 0 Å². The predicted molar refractivity (Wildman–Crippen MR) is 157 cm³/mol. The van der Waals surface area contributed by atoms with Crippen LogP contribution in [0.4, 0.5) is 10.5 Å². The fourth-order valence-corrected chi connectivity index (χ4v) is 5.60. The highest BCUT2D eigenvalue weighted by atomic mass is 16.5. The second-order valence-corrected chi connectivity index (χ2v) is 11.2. The Kier molecular flexibility index (Phi) is 9.11. The molecule has 0 bridgehead atoms. The van der Waals surface area contributed by atoms with Crippen molar-refractivity contribution >= 4 is 11.7 Å². The Labute approximate surface area is 228 Å². The van der Waals surface area contributed by atoms with Gasteiger partial charge in [0.25, 0.3) is 0 Å². The van der Waals surface area contributed by atoms with Crippen LogP contribution in [0.25, 0.3) is 0 Å². The highest BCUT2D eigenvalue weighted by Crippen LogP contribution is 2.37. The molecular weight excluding hydrogens is 470 g/mol. The van der Waals surface area contributed by atoms with Crippen LogP contribution in [0.5, 0.6) is 5.75 Å². The molecule has 0 aromatic heterocycles. The lowest BCUT2D eigenvalue weighted by atomic mass is 9.72. The molecule has 2 amide bonds. The van der Waals surface area contributed by atoms with Crippen molar-refractivity contribution in [3.63, 3.8) is 0 Å². The van der Waals surface area contributed by atoms with Crippen LogP contribution in [0.3, 0.4) is 0 Å². The molecule has 0 saturated carbocycles. The van der Waals surface area contributed by atoms with E-state index in [4.69, 9.17) is 4.74 Å². The first kappa shape index (κ1) is 27.7. The third-order valence-electron chi connectivity index (χ3n) is 7.94. The standard InChI is InChI=1S/C33H43N3O2/c1-24(2)29-15-10-16-30(25(3)4)31(29)35-32(37)34-23-33(27-13-9-14-28(21-27)38-5)17-19-36(20-18-33)22-26-11-7-6-8-12-26/h6-16,21,24-25H,17-20,22-23H2,1-5H3,(H2,34,35,37). The maximum Gasteiger partial charge on any atom is 0.319 e. The Morgan fingerprint density at radius 3 is 2.13 bits per heavy atom. The molecule has 3 aromatic rings. The molecule has 4 rings (SSSR count). The molecule has 38 heavy (non-hydrogen) atoms. The molecule has 0 radical (unpaired) electrons. The SMILES string of the molecule is COc1cccc(C2(CNC(=O)Nc3c(C(C)C)cccc3C(C)C)CCN(Cc3ccccc3)CC2)c1. The number of carbonyl (C=O) groups excluding carboxylic acids is 1. The summed E-state index contributed by atoms with van der Waals surface area (Å²) in [5.74, 6) is 1.49. The topological polar surface area (TPSA) is 53.6 Å². The molecular formula is C33H43N3O2. The smallest absolute Gasteiger partial charge is 0.319 e. The fourth-order valence-electron chi connectivity index (χ4n) is 5.60. The van der Waals surface area contributed by atoms with Gasteiger partial charge in [0, 0.05) is 24.2 Å². The van der Waals surface area contributed by atoms with Gasteiger partial charge in [0.2, 0.25) is 0 Å². The van der Waals surface area contributed by atoms with Crippen molar-refractivity contribution in [3.8, 4) is 5.75 Å². The molecule has 1 aliphatic rings. The van der Waals surface area contributed by atoms with Gasteiger partial charge in [0.1, 0.15) is 5.75 Å². The highest BCUT2D eigenvalue weighted by Gasteiger charge is 2.37. The van der Waals surface area contributed by atoms with Gasteiger partial charge in [-0.05, 0) is 72.2 Å². The number of benzene rings is 3. The number of hydrogen-bond donors (Lipinski definition) is 2. The van der Waals surface area contributed by atoms with E-state index in [0.717, 1.165) is 43.9 Å². The molecule has 1 heterocycles. The van der Waals surface area contributed by atoms with Crippen LogP contribution < -0.4 is 15.4 Å². The van der Waals surface area contributed by atoms with Crippen LogP contribution in [0.2, 0.25) is 0 Å². The maximum absolute atomic E-state index is 13.3. The number of para-hydroxylation sites is 1. The van der Waals surface area contributed by atoms with E-state index in [0.29, 0.717) is 18.4 Å². The Hall–Kier alpha value is -3.31. The van der Waals surface area contributed by atoms with Crippen molar-refractivity contribution in [3.05, 3.63) is 95.1 Å². The molecule has 3 aromatic carbocycles. The number of amides is 2. The molecule has 5 nitrogen and oxygen atoms in total. The van der Waals surface area contributed by atoms with Gasteiger partial charge in [0.05, 0.1) is 7.11 Å². The van der Waals surface area contributed by atoms with Gasteiger partial charge in [-0.25, -0.2) is 4.79 Å². The molecule has 1 saturated heterocycles. The number of rotatable bonds is 9. The van der Waals surface area contributed by atoms with Crippen LogP contribution in [0, 0.1) is 0 Å². The van der Waals surface area contributed by atoms with Gasteiger partial charge < -0.3 is 15.4 Å². The predicted octanol–water partition coefficient (Wildman–Crippen LogP) is 7.30. The third kappa shape index (κ3) is 6.57. The van der Waals surface area contributed by atoms with Crippen molar-refractivity contribution in [2.45, 2.75) is 64.3 Å². The second-order valence-electron chi connectivity index (χ2n) is 11.2. The minimum absolute atomic E-state index is 0.144. The number of nitrogens with zero attached hydrogens (tertiary/aromatic N) is 1. The monoisotopic (exact) mass is 513 g/mol. The first-order chi connectivity index (χ1) is 18.3. The third-order valence-corrected chi connectivity index (χ3v) is 7.94. The summed E-state index contributed by atoms with van der Waals surface area (Å²) in [5.41, 5.74) is 5.69. The number of methoxy groups -OCH3 is 1. The Morgan fingerprint density at radius 1 is 0.895 bits per heavy atom. The quantitative estimate of drug-likeness (QED) is 0.316. The van der Waals surface area contributed by atoms with E-state index < -0.39 is 0 Å². The minimum Gasteiger partial charge on any atom is -0.497 e. The largest absolute Gasteiger partial charge is 0.497 e. The first-order valence-electron chi connectivity index (χ1n) is 13.9. The average Bonchev–Trinajstić information content (AvgIpc) is 2.93. The number of urea groups is 1. The molecule has 0 aliphatic carbocycles. The summed E-state index contributed by atoms with van der Waals surface area (Å²) in [4.78, 5) is 15.9. The molecule has 202 valence electrons. The number of hydrogen-bond acceptors (Lipinski definition) is 3. The van der Waals surface area contributed by atoms with Crippen molar-refractivity contribution in [1.82, 2.24) is 10.2 Å². The molecule has 0 unspecified atom stereocenters. The summed E-state index contributed by atoms with van der Waals surface area (Å²) in [7, 11) is 1.71. The zero-order valence-electron chi connectivity index (χ0n) is 23.6. The first-order valence-corrected chi connectivity index (χ1v) is 13.9.